The highest BCUT2D eigenvalue weighted by Crippen LogP contribution is 2.19. The van der Waals surface area contributed by atoms with Crippen molar-refractivity contribution in [2.45, 2.75) is 12.2 Å². The summed E-state index contributed by atoms with van der Waals surface area (Å²) in [6.45, 7) is -0.524. The van der Waals surface area contributed by atoms with Crippen molar-refractivity contribution in [1.29, 1.82) is 0 Å². The van der Waals surface area contributed by atoms with Gasteiger partial charge in [-0.15, -0.1) is 0 Å². The van der Waals surface area contributed by atoms with Crippen LogP contribution in [0.4, 0.5) is 5.69 Å². The van der Waals surface area contributed by atoms with Crippen LogP contribution >= 0.6 is 0 Å². The van der Waals surface area contributed by atoms with Crippen molar-refractivity contribution >= 4 is 5.69 Å². The first-order chi connectivity index (χ1) is 8.56. The lowest BCUT2D eigenvalue weighted by molar-refractivity contribution is 0.0839. The third kappa shape index (κ3) is 4.50. The summed E-state index contributed by atoms with van der Waals surface area (Å²) in [4.78, 5) is 1.63. The highest BCUT2D eigenvalue weighted by molar-refractivity contribution is 5.49. The molecule has 2 atom stereocenters. The van der Waals surface area contributed by atoms with Gasteiger partial charge in [0.15, 0.2) is 0 Å². The van der Waals surface area contributed by atoms with E-state index < -0.39 is 12.2 Å². The number of phenols is 1. The zero-order valence-electron chi connectivity index (χ0n) is 9.98. The first-order valence-corrected chi connectivity index (χ1v) is 5.68. The largest absolute Gasteiger partial charge is 0.508 e. The molecule has 0 saturated heterocycles. The predicted octanol–water partition coefficient (Wildman–Crippen LogP) is -1.09. The number of aliphatic hydroxyl groups excluding tert-OH is 4. The van der Waals surface area contributed by atoms with Crippen LogP contribution in [0.3, 0.4) is 0 Å². The second-order valence-electron chi connectivity index (χ2n) is 4.09. The Kier molecular flexibility index (Phi) is 5.87. The van der Waals surface area contributed by atoms with Crippen molar-refractivity contribution < 1.29 is 25.5 Å². The van der Waals surface area contributed by atoms with Crippen molar-refractivity contribution in [3.05, 3.63) is 24.3 Å². The number of nitrogens with zero attached hydrogens (tertiary/aromatic N) is 1. The van der Waals surface area contributed by atoms with E-state index in [-0.39, 0.29) is 32.1 Å². The molecule has 0 heterocycles. The molecule has 0 radical (unpaired) electrons. The van der Waals surface area contributed by atoms with Crippen LogP contribution in [0, 0.1) is 0 Å². The molecule has 1 rings (SSSR count). The minimum Gasteiger partial charge on any atom is -0.508 e. The Morgan fingerprint density at radius 1 is 0.889 bits per heavy atom. The number of hydrogen-bond donors (Lipinski definition) is 5. The summed E-state index contributed by atoms with van der Waals surface area (Å²) in [7, 11) is 0. The number of hydrogen-bond acceptors (Lipinski definition) is 6. The van der Waals surface area contributed by atoms with Gasteiger partial charge in [0, 0.05) is 18.8 Å². The maximum atomic E-state index is 9.44. The zero-order chi connectivity index (χ0) is 13.5. The van der Waals surface area contributed by atoms with Gasteiger partial charge in [-0.2, -0.15) is 0 Å². The van der Waals surface area contributed by atoms with Crippen molar-refractivity contribution in [3.8, 4) is 5.75 Å². The SMILES string of the molecule is OCC(O)CN(CC(O)CO)c1ccc(O)cc1. The summed E-state index contributed by atoms with van der Waals surface area (Å²) in [6.07, 6.45) is -1.88. The molecular formula is C12H19NO5. The number of aliphatic hydroxyl groups is 4. The van der Waals surface area contributed by atoms with Crippen LogP contribution in [0.15, 0.2) is 24.3 Å². The Morgan fingerprint density at radius 3 is 1.72 bits per heavy atom. The molecule has 6 heteroatoms. The Morgan fingerprint density at radius 2 is 1.33 bits per heavy atom. The molecule has 102 valence electrons. The first-order valence-electron chi connectivity index (χ1n) is 5.68. The summed E-state index contributed by atoms with van der Waals surface area (Å²) in [5.74, 6) is 0.115. The number of anilines is 1. The van der Waals surface area contributed by atoms with Gasteiger partial charge in [-0.05, 0) is 24.3 Å². The second kappa shape index (κ2) is 7.17. The summed E-state index contributed by atoms with van der Waals surface area (Å²) >= 11 is 0. The van der Waals surface area contributed by atoms with Crippen LogP contribution in [0.2, 0.25) is 0 Å². The first kappa shape index (κ1) is 14.7. The van der Waals surface area contributed by atoms with Gasteiger partial charge in [0.2, 0.25) is 0 Å². The van der Waals surface area contributed by atoms with Crippen molar-refractivity contribution in [3.63, 3.8) is 0 Å². The predicted molar refractivity (Wildman–Crippen MR) is 66.5 cm³/mol. The number of aromatic hydroxyl groups is 1. The summed E-state index contributed by atoms with van der Waals surface area (Å²) in [5.41, 5.74) is 0.674. The number of benzene rings is 1. The fraction of sp³-hybridized carbons (Fsp3) is 0.500. The normalized spacial score (nSPS) is 14.2. The average molecular weight is 257 g/mol. The van der Waals surface area contributed by atoms with Crippen LogP contribution < -0.4 is 4.90 Å². The van der Waals surface area contributed by atoms with Gasteiger partial charge in [0.25, 0.3) is 0 Å². The summed E-state index contributed by atoms with van der Waals surface area (Å²) in [6, 6.07) is 6.23. The molecule has 0 aliphatic heterocycles. The molecule has 0 bridgehead atoms. The molecule has 0 aliphatic rings. The highest BCUT2D eigenvalue weighted by Gasteiger charge is 2.15. The van der Waals surface area contributed by atoms with E-state index in [4.69, 9.17) is 10.2 Å². The fourth-order valence-corrected chi connectivity index (χ4v) is 1.57. The third-order valence-corrected chi connectivity index (χ3v) is 2.50. The standard InChI is InChI=1S/C12H19NO5/c14-7-11(17)5-13(6-12(18)8-15)9-1-3-10(16)4-2-9/h1-4,11-12,14-18H,5-8H2. The third-order valence-electron chi connectivity index (χ3n) is 2.50. The van der Waals surface area contributed by atoms with Gasteiger partial charge in [-0.3, -0.25) is 0 Å². The second-order valence-corrected chi connectivity index (χ2v) is 4.09. The quantitative estimate of drug-likeness (QED) is 0.425. The average Bonchev–Trinajstić information content (AvgIpc) is 2.38. The van der Waals surface area contributed by atoms with Gasteiger partial charge in [-0.1, -0.05) is 0 Å². The molecule has 5 N–H and O–H groups in total. The van der Waals surface area contributed by atoms with Crippen LogP contribution in [0.25, 0.3) is 0 Å². The lowest BCUT2D eigenvalue weighted by atomic mass is 10.2. The maximum Gasteiger partial charge on any atom is 0.115 e. The van der Waals surface area contributed by atoms with E-state index >= 15 is 0 Å². The van der Waals surface area contributed by atoms with Crippen LogP contribution in [0.5, 0.6) is 5.75 Å². The number of phenolic OH excluding ortho intramolecular Hbond substituents is 1. The summed E-state index contributed by atoms with van der Waals surface area (Å²) in [5, 5.41) is 45.8. The topological polar surface area (TPSA) is 104 Å². The van der Waals surface area contributed by atoms with E-state index in [1.807, 2.05) is 0 Å². The molecule has 6 nitrogen and oxygen atoms in total. The maximum absolute atomic E-state index is 9.44. The monoisotopic (exact) mass is 257 g/mol. The van der Waals surface area contributed by atoms with Gasteiger partial charge >= 0.3 is 0 Å². The van der Waals surface area contributed by atoms with Gasteiger partial charge < -0.3 is 30.4 Å². The molecule has 1 aromatic carbocycles. The smallest absolute Gasteiger partial charge is 0.115 e. The number of rotatable bonds is 7. The lowest BCUT2D eigenvalue weighted by Gasteiger charge is -2.28. The van der Waals surface area contributed by atoms with E-state index in [0.717, 1.165) is 0 Å². The minimum atomic E-state index is -0.940. The molecule has 0 aromatic heterocycles. The molecule has 1 aromatic rings. The molecule has 18 heavy (non-hydrogen) atoms. The Balaban J connectivity index is 2.78. The zero-order valence-corrected chi connectivity index (χ0v) is 9.98. The van der Waals surface area contributed by atoms with Crippen molar-refractivity contribution in [1.82, 2.24) is 0 Å². The molecule has 0 amide bonds. The van der Waals surface area contributed by atoms with E-state index in [9.17, 15) is 15.3 Å². The van der Waals surface area contributed by atoms with Gasteiger partial charge in [0.1, 0.15) is 5.75 Å². The lowest BCUT2D eigenvalue weighted by Crippen LogP contribution is -2.40. The van der Waals surface area contributed by atoms with E-state index in [2.05, 4.69) is 0 Å². The molecule has 2 unspecified atom stereocenters. The van der Waals surface area contributed by atoms with Crippen LogP contribution in [-0.2, 0) is 0 Å². The molecule has 0 spiro atoms. The Bertz CT molecular complexity index is 331. The molecule has 0 saturated carbocycles. The fourth-order valence-electron chi connectivity index (χ4n) is 1.57. The van der Waals surface area contributed by atoms with Crippen LogP contribution in [0.1, 0.15) is 0 Å². The van der Waals surface area contributed by atoms with E-state index in [0.29, 0.717) is 5.69 Å². The van der Waals surface area contributed by atoms with Gasteiger partial charge in [-0.25, -0.2) is 0 Å². The highest BCUT2D eigenvalue weighted by atomic mass is 16.3. The molecular weight excluding hydrogens is 238 g/mol. The van der Waals surface area contributed by atoms with Crippen LogP contribution in [-0.4, -0.2) is 64.0 Å². The van der Waals surface area contributed by atoms with Crippen molar-refractivity contribution in [2.75, 3.05) is 31.2 Å². The minimum absolute atomic E-state index is 0.115. The van der Waals surface area contributed by atoms with Crippen molar-refractivity contribution in [2.24, 2.45) is 0 Å². The van der Waals surface area contributed by atoms with Gasteiger partial charge in [0.05, 0.1) is 25.4 Å². The Labute approximate surface area is 105 Å². The summed E-state index contributed by atoms with van der Waals surface area (Å²) < 4.78 is 0. The van der Waals surface area contributed by atoms with E-state index in [1.54, 1.807) is 17.0 Å². The Hall–Kier alpha value is -1.34. The molecule has 0 aliphatic carbocycles. The molecule has 0 fully saturated rings. The van der Waals surface area contributed by atoms with E-state index in [1.165, 1.54) is 12.1 Å².